The lowest BCUT2D eigenvalue weighted by molar-refractivity contribution is -0.383. The monoisotopic (exact) mass is 317 g/mol. The molecule has 1 aliphatic heterocycles. The van der Waals surface area contributed by atoms with Crippen LogP contribution in [0.2, 0.25) is 0 Å². The Balaban J connectivity index is 2.19. The van der Waals surface area contributed by atoms with Gasteiger partial charge < -0.3 is 15.0 Å². The molecule has 7 nitrogen and oxygen atoms in total. The van der Waals surface area contributed by atoms with Crippen LogP contribution in [0, 0.1) is 10.1 Å². The van der Waals surface area contributed by atoms with E-state index in [-0.39, 0.29) is 11.6 Å². The molecule has 1 amide bonds. The Morgan fingerprint density at radius 2 is 2.14 bits per heavy atom. The number of benzene rings is 1. The van der Waals surface area contributed by atoms with Crippen LogP contribution in [-0.4, -0.2) is 22.9 Å². The molecule has 0 saturated heterocycles. The predicted octanol–water partition coefficient (Wildman–Crippen LogP) is 1.92. The Labute approximate surface area is 127 Å². The van der Waals surface area contributed by atoms with Gasteiger partial charge in [0.05, 0.1) is 34.3 Å². The fourth-order valence-corrected chi connectivity index (χ4v) is 2.92. The summed E-state index contributed by atoms with van der Waals surface area (Å²) in [5, 5.41) is 14.1. The zero-order valence-corrected chi connectivity index (χ0v) is 12.7. The van der Waals surface area contributed by atoms with E-state index in [1.54, 1.807) is 18.3 Å². The van der Waals surface area contributed by atoms with Gasteiger partial charge in [-0.1, -0.05) is 9.24 Å². The maximum atomic E-state index is 12.2. The Morgan fingerprint density at radius 1 is 1.36 bits per heavy atom. The van der Waals surface area contributed by atoms with Crippen molar-refractivity contribution in [1.29, 1.82) is 0 Å². The third kappa shape index (κ3) is 2.16. The van der Waals surface area contributed by atoms with E-state index in [4.69, 9.17) is 4.74 Å². The lowest BCUT2D eigenvalue weighted by Crippen LogP contribution is -2.07. The first-order valence-electron chi connectivity index (χ1n) is 6.34. The van der Waals surface area contributed by atoms with E-state index >= 15 is 0 Å². The van der Waals surface area contributed by atoms with Crippen molar-refractivity contribution in [2.45, 2.75) is 0 Å². The number of hydrogen-bond donors (Lipinski definition) is 2. The van der Waals surface area contributed by atoms with Crippen LogP contribution in [0.25, 0.3) is 11.6 Å². The van der Waals surface area contributed by atoms with E-state index in [2.05, 4.69) is 19.5 Å². The standard InChI is InChI=1S/C14H12N3O4P/c1-21-11-4-5-15-9(11)6-7-12-8(16-14(7)18)2-3-10(13(12)22)17(19)20/h2-6,15H,22H2,1H3,(H,16,18)/b7-6-. The van der Waals surface area contributed by atoms with Crippen molar-refractivity contribution in [2.75, 3.05) is 12.4 Å². The number of nitro groups is 1. The normalized spacial score (nSPS) is 14.8. The number of nitrogens with one attached hydrogen (secondary N) is 2. The van der Waals surface area contributed by atoms with Gasteiger partial charge in [0.15, 0.2) is 0 Å². The second-order valence-corrected chi connectivity index (χ2v) is 5.23. The number of methoxy groups -OCH3 is 1. The molecule has 1 unspecified atom stereocenters. The van der Waals surface area contributed by atoms with Crippen molar-refractivity contribution >= 4 is 43.5 Å². The van der Waals surface area contributed by atoms with Crippen LogP contribution in [-0.2, 0) is 4.79 Å². The molecule has 0 fully saturated rings. The van der Waals surface area contributed by atoms with Gasteiger partial charge in [0.1, 0.15) is 5.75 Å². The van der Waals surface area contributed by atoms with Crippen molar-refractivity contribution in [3.63, 3.8) is 0 Å². The van der Waals surface area contributed by atoms with Crippen LogP contribution in [0.3, 0.4) is 0 Å². The molecule has 0 saturated carbocycles. The summed E-state index contributed by atoms with van der Waals surface area (Å²) in [4.78, 5) is 25.7. The van der Waals surface area contributed by atoms with E-state index in [0.717, 1.165) is 0 Å². The molecule has 1 aromatic carbocycles. The number of H-pyrrole nitrogens is 1. The second kappa shape index (κ2) is 5.27. The van der Waals surface area contributed by atoms with Gasteiger partial charge in [0, 0.05) is 17.8 Å². The third-order valence-electron chi connectivity index (χ3n) is 3.43. The highest BCUT2D eigenvalue weighted by molar-refractivity contribution is 7.28. The average molecular weight is 317 g/mol. The number of carbonyl (C=O) groups excluding carboxylic acids is 1. The zero-order chi connectivity index (χ0) is 15.9. The largest absolute Gasteiger partial charge is 0.495 e. The molecule has 0 radical (unpaired) electrons. The summed E-state index contributed by atoms with van der Waals surface area (Å²) in [6, 6.07) is 4.64. The number of anilines is 1. The number of nitrogens with zero attached hydrogens (tertiary/aromatic N) is 1. The lowest BCUT2D eigenvalue weighted by Gasteiger charge is -2.04. The minimum absolute atomic E-state index is 0.0513. The summed E-state index contributed by atoms with van der Waals surface area (Å²) in [5.74, 6) is 0.278. The number of amides is 1. The molecule has 22 heavy (non-hydrogen) atoms. The maximum absolute atomic E-state index is 12.2. The Bertz CT molecular complexity index is 825. The Kier molecular flexibility index (Phi) is 3.42. The molecule has 0 aliphatic carbocycles. The highest BCUT2D eigenvalue weighted by Crippen LogP contribution is 2.36. The van der Waals surface area contributed by atoms with Gasteiger partial charge in [-0.15, -0.1) is 0 Å². The molecule has 1 aliphatic rings. The van der Waals surface area contributed by atoms with Gasteiger partial charge in [0.2, 0.25) is 0 Å². The molecule has 112 valence electrons. The Hall–Kier alpha value is -2.66. The molecule has 3 rings (SSSR count). The van der Waals surface area contributed by atoms with Crippen molar-refractivity contribution in [3.05, 3.63) is 45.8 Å². The molecular weight excluding hydrogens is 305 g/mol. The zero-order valence-electron chi connectivity index (χ0n) is 11.5. The van der Waals surface area contributed by atoms with Gasteiger partial charge >= 0.3 is 0 Å². The summed E-state index contributed by atoms with van der Waals surface area (Å²) >= 11 is 0. The Morgan fingerprint density at radius 3 is 2.82 bits per heavy atom. The van der Waals surface area contributed by atoms with Crippen LogP contribution in [0.5, 0.6) is 5.75 Å². The minimum Gasteiger partial charge on any atom is -0.495 e. The van der Waals surface area contributed by atoms with Crippen molar-refractivity contribution in [2.24, 2.45) is 0 Å². The summed E-state index contributed by atoms with van der Waals surface area (Å²) in [6.07, 6.45) is 3.31. The van der Waals surface area contributed by atoms with Crippen molar-refractivity contribution < 1.29 is 14.5 Å². The summed E-state index contributed by atoms with van der Waals surface area (Å²) in [7, 11) is 3.87. The summed E-state index contributed by atoms with van der Waals surface area (Å²) in [5.41, 5.74) is 1.99. The fourth-order valence-electron chi connectivity index (χ4n) is 2.41. The molecule has 0 spiro atoms. The number of ether oxygens (including phenoxy) is 1. The van der Waals surface area contributed by atoms with Crippen LogP contribution in [0.4, 0.5) is 11.4 Å². The molecule has 2 heterocycles. The number of aromatic nitrogens is 1. The van der Waals surface area contributed by atoms with Gasteiger partial charge in [-0.05, 0) is 18.2 Å². The van der Waals surface area contributed by atoms with Crippen LogP contribution < -0.4 is 15.4 Å². The van der Waals surface area contributed by atoms with Gasteiger partial charge in [0.25, 0.3) is 11.6 Å². The van der Waals surface area contributed by atoms with E-state index < -0.39 is 4.92 Å². The van der Waals surface area contributed by atoms with Gasteiger partial charge in [-0.2, -0.15) is 0 Å². The van der Waals surface area contributed by atoms with E-state index in [1.165, 1.54) is 19.2 Å². The predicted molar refractivity (Wildman–Crippen MR) is 86.3 cm³/mol. The average Bonchev–Trinajstić information content (AvgIpc) is 3.04. The first kappa shape index (κ1) is 14.3. The molecule has 2 aromatic rings. The SMILES string of the molecule is COc1cc[nH]c1/C=C1\C(=O)Nc2ccc([N+](=O)[O-])c(P)c21. The first-order valence-corrected chi connectivity index (χ1v) is 6.92. The fraction of sp³-hybridized carbons (Fsp3) is 0.0714. The molecule has 8 heteroatoms. The molecule has 2 N–H and O–H groups in total. The molecule has 1 aromatic heterocycles. The van der Waals surface area contributed by atoms with Crippen LogP contribution >= 0.6 is 9.24 Å². The van der Waals surface area contributed by atoms with Gasteiger partial charge in [-0.25, -0.2) is 0 Å². The third-order valence-corrected chi connectivity index (χ3v) is 4.01. The topological polar surface area (TPSA) is 97.3 Å². The molecular formula is C14H12N3O4P. The number of rotatable bonds is 3. The number of carbonyl (C=O) groups is 1. The van der Waals surface area contributed by atoms with Crippen molar-refractivity contribution in [3.8, 4) is 5.75 Å². The highest BCUT2D eigenvalue weighted by Gasteiger charge is 2.30. The van der Waals surface area contributed by atoms with Gasteiger partial charge in [-0.3, -0.25) is 14.9 Å². The van der Waals surface area contributed by atoms with E-state index in [9.17, 15) is 14.9 Å². The summed E-state index contributed by atoms with van der Waals surface area (Å²) < 4.78 is 5.19. The van der Waals surface area contributed by atoms with Crippen molar-refractivity contribution in [1.82, 2.24) is 4.98 Å². The van der Waals surface area contributed by atoms with Crippen LogP contribution in [0.1, 0.15) is 11.3 Å². The van der Waals surface area contributed by atoms with E-state index in [1.807, 2.05) is 0 Å². The number of hydrogen-bond acceptors (Lipinski definition) is 4. The quantitative estimate of drug-likeness (QED) is 0.391. The van der Waals surface area contributed by atoms with Crippen LogP contribution in [0.15, 0.2) is 24.4 Å². The molecule has 1 atom stereocenters. The smallest absolute Gasteiger partial charge is 0.277 e. The first-order chi connectivity index (χ1) is 10.5. The maximum Gasteiger partial charge on any atom is 0.277 e. The number of aromatic amines is 1. The minimum atomic E-state index is -0.474. The highest BCUT2D eigenvalue weighted by atomic mass is 31.0. The lowest BCUT2D eigenvalue weighted by atomic mass is 10.0. The number of nitro benzene ring substituents is 1. The second-order valence-electron chi connectivity index (χ2n) is 4.65. The molecule has 0 bridgehead atoms. The number of fused-ring (bicyclic) bond motifs is 1. The summed E-state index contributed by atoms with van der Waals surface area (Å²) in [6.45, 7) is 0. The van der Waals surface area contributed by atoms with E-state index in [0.29, 0.717) is 33.6 Å².